The molecule has 0 bridgehead atoms. The summed E-state index contributed by atoms with van der Waals surface area (Å²) in [5.74, 6) is 0.620. The molecule has 8 heteroatoms. The van der Waals surface area contributed by atoms with Gasteiger partial charge in [0.15, 0.2) is 0 Å². The molecule has 8 nitrogen and oxygen atoms in total. The van der Waals surface area contributed by atoms with Crippen molar-refractivity contribution in [1.29, 1.82) is 0 Å². The van der Waals surface area contributed by atoms with E-state index in [-0.39, 0.29) is 30.9 Å². The summed E-state index contributed by atoms with van der Waals surface area (Å²) in [4.78, 5) is 27.2. The van der Waals surface area contributed by atoms with Crippen molar-refractivity contribution in [2.75, 3.05) is 37.7 Å². The fourth-order valence-corrected chi connectivity index (χ4v) is 3.80. The summed E-state index contributed by atoms with van der Waals surface area (Å²) in [5, 5.41) is 20.3. The zero-order chi connectivity index (χ0) is 18.5. The van der Waals surface area contributed by atoms with Crippen LogP contribution in [0.3, 0.4) is 0 Å². The molecule has 2 aliphatic heterocycles. The first-order chi connectivity index (χ1) is 12.6. The summed E-state index contributed by atoms with van der Waals surface area (Å²) < 4.78 is 5.28. The number of nitro groups is 1. The lowest BCUT2D eigenvalue weighted by Crippen LogP contribution is -2.49. The Hall–Kier alpha value is -2.35. The van der Waals surface area contributed by atoms with E-state index in [1.807, 2.05) is 9.80 Å². The van der Waals surface area contributed by atoms with Crippen LogP contribution >= 0.6 is 0 Å². The van der Waals surface area contributed by atoms with Gasteiger partial charge in [0, 0.05) is 32.1 Å². The quantitative estimate of drug-likeness (QED) is 0.613. The van der Waals surface area contributed by atoms with Gasteiger partial charge in [0.2, 0.25) is 5.91 Å². The molecule has 0 radical (unpaired) electrons. The molecule has 0 aliphatic carbocycles. The van der Waals surface area contributed by atoms with E-state index < -0.39 is 4.92 Å². The number of rotatable bonds is 6. The van der Waals surface area contributed by atoms with E-state index in [4.69, 9.17) is 9.84 Å². The summed E-state index contributed by atoms with van der Waals surface area (Å²) in [6.07, 6.45) is 4.33. The largest absolute Gasteiger partial charge is 0.491 e. The van der Waals surface area contributed by atoms with E-state index in [9.17, 15) is 14.9 Å². The number of anilines is 1. The van der Waals surface area contributed by atoms with Crippen LogP contribution < -0.4 is 9.64 Å². The standard InChI is InChI=1S/C18H25N3O5/c22-11-12-26-15-4-5-16(17(13-15)21(24)25)19-9-6-14(7-10-19)20-8-2-1-3-18(20)23/h4-5,13-14,22H,1-3,6-12H2. The molecule has 0 aromatic heterocycles. The molecule has 1 aromatic rings. The predicted molar refractivity (Wildman–Crippen MR) is 96.5 cm³/mol. The molecule has 2 heterocycles. The Balaban J connectivity index is 1.68. The highest BCUT2D eigenvalue weighted by atomic mass is 16.6. The van der Waals surface area contributed by atoms with Crippen LogP contribution in [0.2, 0.25) is 0 Å². The van der Waals surface area contributed by atoms with Crippen LogP contribution in [0.1, 0.15) is 32.1 Å². The fraction of sp³-hybridized carbons (Fsp3) is 0.611. The number of likely N-dealkylation sites (tertiary alicyclic amines) is 1. The molecule has 142 valence electrons. The van der Waals surface area contributed by atoms with Crippen LogP contribution in [0.15, 0.2) is 18.2 Å². The van der Waals surface area contributed by atoms with Gasteiger partial charge in [0.05, 0.1) is 17.6 Å². The number of nitrogens with zero attached hydrogens (tertiary/aromatic N) is 3. The Labute approximate surface area is 152 Å². The average molecular weight is 363 g/mol. The highest BCUT2D eigenvalue weighted by Gasteiger charge is 2.31. The molecule has 0 unspecified atom stereocenters. The summed E-state index contributed by atoms with van der Waals surface area (Å²) in [6.45, 7) is 2.17. The van der Waals surface area contributed by atoms with Crippen LogP contribution in [0.5, 0.6) is 5.75 Å². The van der Waals surface area contributed by atoms with E-state index in [0.717, 1.165) is 32.2 Å². The SMILES string of the molecule is O=C1CCCCN1C1CCN(c2ccc(OCCO)cc2[N+](=O)[O-])CC1. The first kappa shape index (κ1) is 18.4. The zero-order valence-corrected chi connectivity index (χ0v) is 14.8. The van der Waals surface area contributed by atoms with Gasteiger partial charge >= 0.3 is 0 Å². The van der Waals surface area contributed by atoms with Crippen molar-refractivity contribution in [2.24, 2.45) is 0 Å². The summed E-state index contributed by atoms with van der Waals surface area (Å²) >= 11 is 0. The van der Waals surface area contributed by atoms with Crippen molar-refractivity contribution in [3.8, 4) is 5.75 Å². The maximum atomic E-state index is 12.1. The van der Waals surface area contributed by atoms with Gasteiger partial charge in [-0.2, -0.15) is 0 Å². The molecular weight excluding hydrogens is 338 g/mol. The maximum Gasteiger partial charge on any atom is 0.296 e. The number of nitro benzene ring substituents is 1. The van der Waals surface area contributed by atoms with E-state index in [1.165, 1.54) is 6.07 Å². The summed E-state index contributed by atoms with van der Waals surface area (Å²) in [6, 6.07) is 5.05. The third-order valence-corrected chi connectivity index (χ3v) is 5.11. The minimum atomic E-state index is -0.401. The summed E-state index contributed by atoms with van der Waals surface area (Å²) in [5.41, 5.74) is 0.586. The van der Waals surface area contributed by atoms with Crippen molar-refractivity contribution >= 4 is 17.3 Å². The Morgan fingerprint density at radius 2 is 2.00 bits per heavy atom. The number of carbonyl (C=O) groups excluding carboxylic acids is 1. The molecule has 1 N–H and O–H groups in total. The van der Waals surface area contributed by atoms with Gasteiger partial charge in [-0.15, -0.1) is 0 Å². The fourth-order valence-electron chi connectivity index (χ4n) is 3.80. The van der Waals surface area contributed by atoms with Crippen LogP contribution in [0.4, 0.5) is 11.4 Å². The molecular formula is C18H25N3O5. The molecule has 1 amide bonds. The molecule has 2 fully saturated rings. The number of amides is 1. The first-order valence-corrected chi connectivity index (χ1v) is 9.16. The lowest BCUT2D eigenvalue weighted by atomic mass is 9.99. The topological polar surface area (TPSA) is 96.2 Å². The number of hydrogen-bond donors (Lipinski definition) is 1. The number of benzene rings is 1. The maximum absolute atomic E-state index is 12.1. The average Bonchev–Trinajstić information content (AvgIpc) is 2.67. The number of hydrogen-bond acceptors (Lipinski definition) is 6. The lowest BCUT2D eigenvalue weighted by molar-refractivity contribution is -0.384. The summed E-state index contributed by atoms with van der Waals surface area (Å²) in [7, 11) is 0. The number of ether oxygens (including phenoxy) is 1. The molecule has 2 aliphatic rings. The zero-order valence-electron chi connectivity index (χ0n) is 14.8. The molecule has 0 spiro atoms. The third kappa shape index (κ3) is 4.07. The Kier molecular flexibility index (Phi) is 5.92. The van der Waals surface area contributed by atoms with Crippen LogP contribution in [0.25, 0.3) is 0 Å². The van der Waals surface area contributed by atoms with E-state index in [1.54, 1.807) is 12.1 Å². The van der Waals surface area contributed by atoms with E-state index >= 15 is 0 Å². The first-order valence-electron chi connectivity index (χ1n) is 9.16. The second-order valence-electron chi connectivity index (χ2n) is 6.74. The Morgan fingerprint density at radius 3 is 2.65 bits per heavy atom. The smallest absolute Gasteiger partial charge is 0.296 e. The highest BCUT2D eigenvalue weighted by Crippen LogP contribution is 2.34. The minimum absolute atomic E-state index is 0.00735. The second kappa shape index (κ2) is 8.35. The van der Waals surface area contributed by atoms with Crippen LogP contribution in [-0.4, -0.2) is 59.7 Å². The van der Waals surface area contributed by atoms with E-state index in [0.29, 0.717) is 30.9 Å². The Bertz CT molecular complexity index is 658. The third-order valence-electron chi connectivity index (χ3n) is 5.11. The van der Waals surface area contributed by atoms with Crippen molar-refractivity contribution in [2.45, 2.75) is 38.1 Å². The van der Waals surface area contributed by atoms with Crippen LogP contribution in [0, 0.1) is 10.1 Å². The van der Waals surface area contributed by atoms with Crippen molar-refractivity contribution in [3.05, 3.63) is 28.3 Å². The number of piperidine rings is 2. The molecule has 1 aromatic carbocycles. The van der Waals surface area contributed by atoms with Gasteiger partial charge in [0.1, 0.15) is 18.0 Å². The van der Waals surface area contributed by atoms with Crippen molar-refractivity contribution < 1.29 is 19.6 Å². The van der Waals surface area contributed by atoms with Gasteiger partial charge in [0.25, 0.3) is 5.69 Å². The molecule has 2 saturated heterocycles. The minimum Gasteiger partial charge on any atom is -0.491 e. The van der Waals surface area contributed by atoms with Gasteiger partial charge in [-0.25, -0.2) is 0 Å². The number of carbonyl (C=O) groups is 1. The normalized spacial score (nSPS) is 18.9. The molecule has 0 saturated carbocycles. The monoisotopic (exact) mass is 363 g/mol. The number of aliphatic hydroxyl groups is 1. The van der Waals surface area contributed by atoms with Gasteiger partial charge in [-0.05, 0) is 37.8 Å². The predicted octanol–water partition coefficient (Wildman–Crippen LogP) is 1.95. The second-order valence-corrected chi connectivity index (χ2v) is 6.74. The van der Waals surface area contributed by atoms with E-state index in [2.05, 4.69) is 0 Å². The van der Waals surface area contributed by atoms with Gasteiger partial charge < -0.3 is 19.6 Å². The van der Waals surface area contributed by atoms with Gasteiger partial charge in [-0.3, -0.25) is 14.9 Å². The number of aliphatic hydroxyl groups excluding tert-OH is 1. The molecule has 3 rings (SSSR count). The van der Waals surface area contributed by atoms with Crippen LogP contribution in [-0.2, 0) is 4.79 Å². The van der Waals surface area contributed by atoms with Gasteiger partial charge in [-0.1, -0.05) is 0 Å². The molecule has 0 atom stereocenters. The highest BCUT2D eigenvalue weighted by molar-refractivity contribution is 5.77. The molecule has 26 heavy (non-hydrogen) atoms. The Morgan fingerprint density at radius 1 is 1.23 bits per heavy atom. The van der Waals surface area contributed by atoms with Crippen molar-refractivity contribution in [3.63, 3.8) is 0 Å². The lowest BCUT2D eigenvalue weighted by Gasteiger charge is -2.40. The van der Waals surface area contributed by atoms with Crippen molar-refractivity contribution in [1.82, 2.24) is 4.90 Å².